The Labute approximate surface area is 184 Å². The van der Waals surface area contributed by atoms with Crippen molar-refractivity contribution in [3.63, 3.8) is 0 Å². The lowest BCUT2D eigenvalue weighted by Crippen LogP contribution is -2.33. The molecule has 0 spiro atoms. The second kappa shape index (κ2) is 8.37. The molecule has 0 fully saturated rings. The number of rotatable bonds is 6. The smallest absolute Gasteiger partial charge is 0.398 e. The molecule has 0 bridgehead atoms. The van der Waals surface area contributed by atoms with E-state index in [1.165, 1.54) is 18.1 Å². The highest BCUT2D eigenvalue weighted by Crippen LogP contribution is 2.40. The van der Waals surface area contributed by atoms with Crippen molar-refractivity contribution in [2.24, 2.45) is 5.92 Å². The molecular weight excluding hydrogens is 419 g/mol. The fourth-order valence-electron chi connectivity index (χ4n) is 4.01. The third kappa shape index (κ3) is 4.24. The Hall–Kier alpha value is -3.22. The number of nitrogens with zero attached hydrogens (tertiary/aromatic N) is 1. The summed E-state index contributed by atoms with van der Waals surface area (Å²) >= 11 is 0. The zero-order valence-corrected chi connectivity index (χ0v) is 17.9. The van der Waals surface area contributed by atoms with Gasteiger partial charge < -0.3 is 14.0 Å². The molecule has 32 heavy (non-hydrogen) atoms. The monoisotopic (exact) mass is 443 g/mol. The molecule has 3 aromatic rings. The molecule has 4 rings (SSSR count). The number of fused-ring (bicyclic) bond motifs is 5. The normalized spacial score (nSPS) is 16.2. The van der Waals surface area contributed by atoms with Crippen molar-refractivity contribution >= 4 is 16.9 Å². The van der Waals surface area contributed by atoms with Gasteiger partial charge in [0.2, 0.25) is 0 Å². The third-order valence-corrected chi connectivity index (χ3v) is 5.78. The van der Waals surface area contributed by atoms with Gasteiger partial charge in [0, 0.05) is 34.8 Å². The van der Waals surface area contributed by atoms with Crippen molar-refractivity contribution in [2.45, 2.75) is 32.5 Å². The zero-order chi connectivity index (χ0) is 23.0. The first kappa shape index (κ1) is 22.0. The van der Waals surface area contributed by atoms with Gasteiger partial charge in [0.1, 0.15) is 24.9 Å². The molecule has 2 atom stereocenters. The van der Waals surface area contributed by atoms with Gasteiger partial charge in [0.05, 0.1) is 5.52 Å². The minimum atomic E-state index is -4.56. The maximum absolute atomic E-state index is 13.4. The summed E-state index contributed by atoms with van der Waals surface area (Å²) in [4.78, 5) is 11.5. The molecule has 2 heterocycles. The number of hydrogen-bond acceptors (Lipinski definition) is 3. The maximum atomic E-state index is 13.4. The molecule has 1 aliphatic rings. The fourth-order valence-corrected chi connectivity index (χ4v) is 4.01. The summed E-state index contributed by atoms with van der Waals surface area (Å²) in [5, 5.41) is 0.999. The molecule has 2 unspecified atom stereocenters. The average molecular weight is 443 g/mol. The van der Waals surface area contributed by atoms with Gasteiger partial charge in [0.15, 0.2) is 0 Å². The van der Waals surface area contributed by atoms with Crippen molar-refractivity contribution in [3.8, 4) is 17.0 Å². The summed E-state index contributed by atoms with van der Waals surface area (Å²) in [6.45, 7) is 6.24. The van der Waals surface area contributed by atoms with E-state index in [0.717, 1.165) is 23.1 Å². The molecule has 1 aromatic heterocycles. The SMILES string of the molecule is C=C(C)C(=O)OCC(COc1ccc2cc3n(c2c1)CC(C)c1ccccc1-3)C(F)(F)F. The molecule has 0 amide bonds. The van der Waals surface area contributed by atoms with Crippen LogP contribution in [0.4, 0.5) is 13.2 Å². The highest BCUT2D eigenvalue weighted by atomic mass is 19.4. The molecule has 168 valence electrons. The number of hydrogen-bond donors (Lipinski definition) is 0. The van der Waals surface area contributed by atoms with Crippen LogP contribution < -0.4 is 4.74 Å². The van der Waals surface area contributed by atoms with Crippen LogP contribution in [-0.2, 0) is 16.1 Å². The van der Waals surface area contributed by atoms with E-state index in [1.54, 1.807) is 12.1 Å². The first-order chi connectivity index (χ1) is 15.1. The van der Waals surface area contributed by atoms with Crippen LogP contribution in [0.5, 0.6) is 5.75 Å². The first-order valence-corrected chi connectivity index (χ1v) is 10.4. The van der Waals surface area contributed by atoms with Crippen LogP contribution in [0.25, 0.3) is 22.2 Å². The Morgan fingerprint density at radius 1 is 1.19 bits per heavy atom. The Morgan fingerprint density at radius 3 is 2.66 bits per heavy atom. The van der Waals surface area contributed by atoms with Crippen LogP contribution in [-0.4, -0.2) is 29.9 Å². The second-order valence-electron chi connectivity index (χ2n) is 8.28. The summed E-state index contributed by atoms with van der Waals surface area (Å²) in [7, 11) is 0. The van der Waals surface area contributed by atoms with E-state index in [9.17, 15) is 18.0 Å². The van der Waals surface area contributed by atoms with E-state index in [2.05, 4.69) is 36.3 Å². The van der Waals surface area contributed by atoms with Crippen LogP contribution in [0.15, 0.2) is 60.7 Å². The van der Waals surface area contributed by atoms with Crippen LogP contribution in [0, 0.1) is 5.92 Å². The van der Waals surface area contributed by atoms with Crippen molar-refractivity contribution in [1.82, 2.24) is 4.57 Å². The van der Waals surface area contributed by atoms with E-state index in [1.807, 2.05) is 18.2 Å². The Balaban J connectivity index is 1.56. The van der Waals surface area contributed by atoms with E-state index >= 15 is 0 Å². The zero-order valence-electron chi connectivity index (χ0n) is 17.9. The minimum Gasteiger partial charge on any atom is -0.493 e. The van der Waals surface area contributed by atoms with Crippen LogP contribution in [0.3, 0.4) is 0 Å². The van der Waals surface area contributed by atoms with Gasteiger partial charge in [-0.25, -0.2) is 4.79 Å². The number of aromatic nitrogens is 1. The molecule has 7 heteroatoms. The number of esters is 1. The largest absolute Gasteiger partial charge is 0.493 e. The Kier molecular flexibility index (Phi) is 5.75. The van der Waals surface area contributed by atoms with E-state index in [0.29, 0.717) is 11.7 Å². The van der Waals surface area contributed by atoms with E-state index in [4.69, 9.17) is 9.47 Å². The minimum absolute atomic E-state index is 0.0473. The van der Waals surface area contributed by atoms with Crippen LogP contribution in [0.2, 0.25) is 0 Å². The molecule has 0 saturated carbocycles. The van der Waals surface area contributed by atoms with Gasteiger partial charge in [-0.05, 0) is 36.6 Å². The molecule has 0 aliphatic carbocycles. The third-order valence-electron chi connectivity index (χ3n) is 5.78. The predicted octanol–water partition coefficient (Wildman–Crippen LogP) is 6.10. The highest BCUT2D eigenvalue weighted by Gasteiger charge is 2.41. The number of carbonyl (C=O) groups excluding carboxylic acids is 1. The predicted molar refractivity (Wildman–Crippen MR) is 117 cm³/mol. The fraction of sp³-hybridized carbons (Fsp3) is 0.320. The number of halogens is 3. The molecule has 0 saturated heterocycles. The second-order valence-corrected chi connectivity index (χ2v) is 8.28. The Morgan fingerprint density at radius 2 is 1.94 bits per heavy atom. The van der Waals surface area contributed by atoms with Crippen LogP contribution >= 0.6 is 0 Å². The topological polar surface area (TPSA) is 40.5 Å². The quantitative estimate of drug-likeness (QED) is 0.341. The molecule has 4 nitrogen and oxygen atoms in total. The Bertz CT molecular complexity index is 1180. The number of benzene rings is 2. The van der Waals surface area contributed by atoms with Gasteiger partial charge >= 0.3 is 12.1 Å². The lowest BCUT2D eigenvalue weighted by Gasteiger charge is -2.25. The summed E-state index contributed by atoms with van der Waals surface area (Å²) in [6.07, 6.45) is -4.56. The first-order valence-electron chi connectivity index (χ1n) is 10.4. The van der Waals surface area contributed by atoms with E-state index in [-0.39, 0.29) is 5.57 Å². The average Bonchev–Trinajstić information content (AvgIpc) is 3.10. The molecular formula is C25H24F3NO3. The summed E-state index contributed by atoms with van der Waals surface area (Å²) in [5.41, 5.74) is 4.51. The van der Waals surface area contributed by atoms with Gasteiger partial charge in [-0.1, -0.05) is 37.8 Å². The highest BCUT2D eigenvalue weighted by molar-refractivity contribution is 5.89. The number of carbonyl (C=O) groups is 1. The van der Waals surface area contributed by atoms with Crippen molar-refractivity contribution in [1.29, 1.82) is 0 Å². The summed E-state index contributed by atoms with van der Waals surface area (Å²) in [6, 6.07) is 15.6. The van der Waals surface area contributed by atoms with Crippen LogP contribution in [0.1, 0.15) is 25.3 Å². The number of alkyl halides is 3. The molecule has 0 radical (unpaired) electrons. The van der Waals surface area contributed by atoms with Gasteiger partial charge in [-0.2, -0.15) is 13.2 Å². The lowest BCUT2D eigenvalue weighted by atomic mass is 9.91. The van der Waals surface area contributed by atoms with Gasteiger partial charge in [0.25, 0.3) is 0 Å². The maximum Gasteiger partial charge on any atom is 0.398 e. The standard InChI is InChI=1S/C25H24F3NO3/c1-15(2)24(30)32-14-18(25(26,27)28)13-31-19-9-8-17-10-23-21-7-5-4-6-20(21)16(3)12-29(23)22(17)11-19/h4-11,16,18H,1,12-14H2,2-3H3. The van der Waals surface area contributed by atoms with E-state index < -0.39 is 31.3 Å². The summed E-state index contributed by atoms with van der Waals surface area (Å²) in [5.74, 6) is -2.13. The van der Waals surface area contributed by atoms with Crippen molar-refractivity contribution in [3.05, 3.63) is 66.2 Å². The molecule has 0 N–H and O–H groups in total. The number of ether oxygens (including phenoxy) is 2. The summed E-state index contributed by atoms with van der Waals surface area (Å²) < 4.78 is 52.6. The lowest BCUT2D eigenvalue weighted by molar-refractivity contribution is -0.196. The molecule has 1 aliphatic heterocycles. The van der Waals surface area contributed by atoms with Crippen molar-refractivity contribution < 1.29 is 27.4 Å². The van der Waals surface area contributed by atoms with Crippen molar-refractivity contribution in [2.75, 3.05) is 13.2 Å². The molecule has 2 aromatic carbocycles. The van der Waals surface area contributed by atoms with Gasteiger partial charge in [-0.15, -0.1) is 0 Å². The van der Waals surface area contributed by atoms with Gasteiger partial charge in [-0.3, -0.25) is 0 Å².